The molecule has 0 bridgehead atoms. The Morgan fingerprint density at radius 3 is 1.78 bits per heavy atom. The predicted molar refractivity (Wildman–Crippen MR) is 108 cm³/mol. The Balaban J connectivity index is 1.71. The first-order chi connectivity index (χ1) is 13.2. The topological polar surface area (TPSA) is 41.9 Å². The molecule has 1 heterocycles. The number of anilines is 3. The van der Waals surface area contributed by atoms with Gasteiger partial charge in [0.25, 0.3) is 0 Å². The van der Waals surface area contributed by atoms with Gasteiger partial charge in [-0.3, -0.25) is 0 Å². The quantitative estimate of drug-likeness (QED) is 0.461. The lowest BCUT2D eigenvalue weighted by molar-refractivity contribution is -0.136. The first kappa shape index (κ1) is 16.8. The second-order valence-corrected chi connectivity index (χ2v) is 6.21. The summed E-state index contributed by atoms with van der Waals surface area (Å²) in [5, 5.41) is 3.71. The van der Waals surface area contributed by atoms with Crippen molar-refractivity contribution in [3.8, 4) is 0 Å². The largest absolute Gasteiger partial charge is 0.367 e. The highest BCUT2D eigenvalue weighted by Crippen LogP contribution is 2.34. The molecule has 0 amide bonds. The zero-order valence-electron chi connectivity index (χ0n) is 14.9. The summed E-state index contributed by atoms with van der Waals surface area (Å²) >= 11 is 0. The third-order valence-corrected chi connectivity index (χ3v) is 4.37. The molecular weight excluding hydrogens is 336 g/mol. The van der Waals surface area contributed by atoms with Crippen molar-refractivity contribution in [3.05, 3.63) is 96.1 Å². The van der Waals surface area contributed by atoms with Gasteiger partial charge in [0.2, 0.25) is 0 Å². The van der Waals surface area contributed by atoms with Crippen LogP contribution in [0.15, 0.2) is 95.7 Å². The van der Waals surface area contributed by atoms with Crippen LogP contribution in [0, 0.1) is 0 Å². The van der Waals surface area contributed by atoms with Crippen LogP contribution in [0.2, 0.25) is 0 Å². The Hall–Kier alpha value is -3.66. The third-order valence-electron chi connectivity index (χ3n) is 4.37. The van der Waals surface area contributed by atoms with Crippen LogP contribution < -0.4 is 4.90 Å². The molecule has 1 aliphatic rings. The van der Waals surface area contributed by atoms with Gasteiger partial charge < -0.3 is 9.74 Å². The van der Waals surface area contributed by atoms with E-state index in [1.807, 2.05) is 60.7 Å². The fraction of sp³-hybridized carbons (Fsp3) is 0.0435. The molecule has 1 aliphatic heterocycles. The number of nitrogens with zero attached hydrogens (tertiary/aromatic N) is 2. The van der Waals surface area contributed by atoms with Gasteiger partial charge in [0.15, 0.2) is 0 Å². The van der Waals surface area contributed by atoms with Crippen molar-refractivity contribution in [1.82, 2.24) is 0 Å². The number of carbonyl (C=O) groups is 1. The molecule has 0 unspecified atom stereocenters. The van der Waals surface area contributed by atoms with Gasteiger partial charge in [0, 0.05) is 17.1 Å². The molecule has 0 saturated carbocycles. The first-order valence-corrected chi connectivity index (χ1v) is 8.71. The number of para-hydroxylation sites is 2. The number of hydrogen-bond donors (Lipinski definition) is 0. The predicted octanol–water partition coefficient (Wildman–Crippen LogP) is 5.47. The zero-order chi connectivity index (χ0) is 18.6. The molecule has 0 aromatic heterocycles. The Labute approximate surface area is 158 Å². The summed E-state index contributed by atoms with van der Waals surface area (Å²) in [6.45, 7) is 1.76. The summed E-state index contributed by atoms with van der Waals surface area (Å²) in [5.74, 6) is -0.410. The van der Waals surface area contributed by atoms with Gasteiger partial charge in [-0.25, -0.2) is 4.79 Å². The normalized spacial score (nSPS) is 14.8. The van der Waals surface area contributed by atoms with Crippen LogP contribution in [0.3, 0.4) is 0 Å². The Kier molecular flexibility index (Phi) is 4.54. The number of hydrogen-bond acceptors (Lipinski definition) is 4. The van der Waals surface area contributed by atoms with E-state index in [1.165, 1.54) is 0 Å². The number of rotatable bonds is 4. The summed E-state index contributed by atoms with van der Waals surface area (Å²) < 4.78 is 0. The second kappa shape index (κ2) is 7.30. The molecule has 0 aliphatic carbocycles. The first-order valence-electron chi connectivity index (χ1n) is 8.71. The van der Waals surface area contributed by atoms with Crippen molar-refractivity contribution >= 4 is 34.8 Å². The average molecular weight is 354 g/mol. The lowest BCUT2D eigenvalue weighted by atomic mass is 10.1. The minimum absolute atomic E-state index is 0.410. The molecule has 4 rings (SSSR count). The van der Waals surface area contributed by atoms with Crippen molar-refractivity contribution in [2.75, 3.05) is 4.90 Å². The second-order valence-electron chi connectivity index (χ2n) is 6.21. The third kappa shape index (κ3) is 3.51. The van der Waals surface area contributed by atoms with Crippen molar-refractivity contribution in [2.45, 2.75) is 6.92 Å². The summed E-state index contributed by atoms with van der Waals surface area (Å²) in [5.41, 5.74) is 5.21. The van der Waals surface area contributed by atoms with Crippen LogP contribution in [0.25, 0.3) is 6.08 Å². The van der Waals surface area contributed by atoms with E-state index in [0.717, 1.165) is 22.6 Å². The Bertz CT molecular complexity index is 968. The van der Waals surface area contributed by atoms with Crippen molar-refractivity contribution < 1.29 is 9.63 Å². The maximum Gasteiger partial charge on any atom is 0.367 e. The number of carbonyl (C=O) groups excluding carboxylic acids is 1. The Morgan fingerprint density at radius 1 is 0.778 bits per heavy atom. The fourth-order valence-corrected chi connectivity index (χ4v) is 3.01. The minimum atomic E-state index is -0.410. The van der Waals surface area contributed by atoms with Gasteiger partial charge in [-0.15, -0.1) is 0 Å². The highest BCUT2D eigenvalue weighted by atomic mass is 16.7. The summed E-state index contributed by atoms with van der Waals surface area (Å²) in [6.07, 6.45) is 1.80. The monoisotopic (exact) mass is 354 g/mol. The minimum Gasteiger partial charge on any atom is -0.312 e. The van der Waals surface area contributed by atoms with Gasteiger partial charge >= 0.3 is 5.97 Å². The van der Waals surface area contributed by atoms with Gasteiger partial charge in [0.05, 0.1) is 11.3 Å². The summed E-state index contributed by atoms with van der Waals surface area (Å²) in [4.78, 5) is 18.6. The molecule has 0 N–H and O–H groups in total. The van der Waals surface area contributed by atoms with E-state index in [2.05, 4.69) is 34.3 Å². The molecule has 0 saturated heterocycles. The van der Waals surface area contributed by atoms with E-state index >= 15 is 0 Å². The smallest absolute Gasteiger partial charge is 0.312 e. The van der Waals surface area contributed by atoms with E-state index < -0.39 is 5.97 Å². The van der Waals surface area contributed by atoms with Crippen LogP contribution in [0.4, 0.5) is 17.1 Å². The molecule has 3 aromatic rings. The van der Waals surface area contributed by atoms with Gasteiger partial charge in [0.1, 0.15) is 0 Å². The van der Waals surface area contributed by atoms with Crippen LogP contribution in [-0.2, 0) is 9.63 Å². The summed E-state index contributed by atoms with van der Waals surface area (Å²) in [7, 11) is 0. The lowest BCUT2D eigenvalue weighted by Crippen LogP contribution is -2.09. The zero-order valence-corrected chi connectivity index (χ0v) is 14.9. The molecule has 0 atom stereocenters. The average Bonchev–Trinajstić information content (AvgIpc) is 3.03. The highest BCUT2D eigenvalue weighted by Gasteiger charge is 2.21. The lowest BCUT2D eigenvalue weighted by Gasteiger charge is -2.25. The molecular formula is C23H18N2O2. The molecule has 4 heteroatoms. The number of oxime groups is 1. The van der Waals surface area contributed by atoms with Crippen LogP contribution in [0.5, 0.6) is 0 Å². The van der Waals surface area contributed by atoms with Gasteiger partial charge in [-0.1, -0.05) is 53.7 Å². The van der Waals surface area contributed by atoms with Crippen molar-refractivity contribution in [2.24, 2.45) is 5.16 Å². The van der Waals surface area contributed by atoms with E-state index in [9.17, 15) is 4.79 Å². The van der Waals surface area contributed by atoms with E-state index in [0.29, 0.717) is 11.3 Å². The van der Waals surface area contributed by atoms with Crippen LogP contribution >= 0.6 is 0 Å². The molecule has 0 fully saturated rings. The molecule has 0 spiro atoms. The Morgan fingerprint density at radius 2 is 1.30 bits per heavy atom. The fourth-order valence-electron chi connectivity index (χ4n) is 3.01. The van der Waals surface area contributed by atoms with Crippen molar-refractivity contribution in [3.63, 3.8) is 0 Å². The number of benzene rings is 3. The molecule has 132 valence electrons. The van der Waals surface area contributed by atoms with Gasteiger partial charge in [-0.2, -0.15) is 0 Å². The van der Waals surface area contributed by atoms with Crippen LogP contribution in [-0.4, -0.2) is 11.7 Å². The van der Waals surface area contributed by atoms with Gasteiger partial charge in [-0.05, 0) is 55.0 Å². The maximum atomic E-state index is 11.7. The molecule has 4 nitrogen and oxygen atoms in total. The maximum absolute atomic E-state index is 11.7. The van der Waals surface area contributed by atoms with E-state index in [-0.39, 0.29) is 0 Å². The molecule has 3 aromatic carbocycles. The molecule has 0 radical (unpaired) electrons. The standard InChI is InChI=1S/C23H18N2O2/c1-17-22(23(26)27-24-17)16-18-12-14-21(15-13-18)25(19-8-4-2-5-9-19)20-10-6-3-7-11-20/h2-16H,1H3. The van der Waals surface area contributed by atoms with E-state index in [4.69, 9.17) is 4.84 Å². The van der Waals surface area contributed by atoms with Crippen molar-refractivity contribution in [1.29, 1.82) is 0 Å². The SMILES string of the molecule is CC1=NOC(=O)C1=Cc1ccc(N(c2ccccc2)c2ccccc2)cc1. The van der Waals surface area contributed by atoms with Crippen LogP contribution in [0.1, 0.15) is 12.5 Å². The molecule has 27 heavy (non-hydrogen) atoms. The highest BCUT2D eigenvalue weighted by molar-refractivity contribution is 6.24. The summed E-state index contributed by atoms with van der Waals surface area (Å²) in [6, 6.07) is 28.5. The van der Waals surface area contributed by atoms with E-state index in [1.54, 1.807) is 13.0 Å².